The Labute approximate surface area is 383 Å². The third-order valence-corrected chi connectivity index (χ3v) is 11.3. The SMILES string of the molecule is CC\C=C/C=C\C=C/CCCCCCCC(=O)OCC(COC(=O)CCCCCCCCC/C=C\CCCCCCCC)OC(=O)CCCCC/C=C\CCCCCCCCC. The summed E-state index contributed by atoms with van der Waals surface area (Å²) < 4.78 is 16.8. The van der Waals surface area contributed by atoms with E-state index in [1.54, 1.807) is 0 Å². The first-order chi connectivity index (χ1) is 30.5. The van der Waals surface area contributed by atoms with Crippen LogP contribution in [-0.2, 0) is 28.6 Å². The second-order valence-electron chi connectivity index (χ2n) is 17.5. The van der Waals surface area contributed by atoms with Crippen molar-refractivity contribution in [3.05, 3.63) is 60.8 Å². The lowest BCUT2D eigenvalue weighted by atomic mass is 10.1. The van der Waals surface area contributed by atoms with Crippen molar-refractivity contribution in [3.63, 3.8) is 0 Å². The van der Waals surface area contributed by atoms with E-state index in [-0.39, 0.29) is 31.1 Å². The molecule has 0 aliphatic carbocycles. The smallest absolute Gasteiger partial charge is 0.306 e. The van der Waals surface area contributed by atoms with Gasteiger partial charge in [0.25, 0.3) is 0 Å². The van der Waals surface area contributed by atoms with Crippen LogP contribution in [0.1, 0.15) is 258 Å². The fourth-order valence-electron chi connectivity index (χ4n) is 7.31. The lowest BCUT2D eigenvalue weighted by Gasteiger charge is -2.18. The quantitative estimate of drug-likeness (QED) is 0.0199. The molecule has 0 rings (SSSR count). The molecule has 358 valence electrons. The molecule has 0 radical (unpaired) electrons. The molecule has 0 amide bonds. The van der Waals surface area contributed by atoms with Crippen molar-refractivity contribution in [2.75, 3.05) is 13.2 Å². The summed E-state index contributed by atoms with van der Waals surface area (Å²) in [5.74, 6) is -0.926. The summed E-state index contributed by atoms with van der Waals surface area (Å²) in [4.78, 5) is 38.0. The number of unbranched alkanes of at least 4 members (excludes halogenated alkanes) is 28. The maximum absolute atomic E-state index is 12.8. The van der Waals surface area contributed by atoms with Gasteiger partial charge in [-0.25, -0.2) is 0 Å². The zero-order chi connectivity index (χ0) is 45.1. The number of rotatable bonds is 47. The molecule has 1 unspecified atom stereocenters. The van der Waals surface area contributed by atoms with Gasteiger partial charge in [-0.1, -0.05) is 210 Å². The molecular formula is C56H98O6. The summed E-state index contributed by atoms with van der Waals surface area (Å²) in [6, 6.07) is 0. The second-order valence-corrected chi connectivity index (χ2v) is 17.5. The predicted octanol–water partition coefficient (Wildman–Crippen LogP) is 17.3. The molecule has 0 aliphatic heterocycles. The van der Waals surface area contributed by atoms with E-state index in [9.17, 15) is 14.4 Å². The van der Waals surface area contributed by atoms with E-state index in [1.165, 1.54) is 122 Å². The minimum Gasteiger partial charge on any atom is -0.462 e. The summed E-state index contributed by atoms with van der Waals surface area (Å²) in [6.07, 6.45) is 62.0. The summed E-state index contributed by atoms with van der Waals surface area (Å²) >= 11 is 0. The molecule has 0 fully saturated rings. The maximum Gasteiger partial charge on any atom is 0.306 e. The van der Waals surface area contributed by atoms with E-state index in [0.29, 0.717) is 19.3 Å². The van der Waals surface area contributed by atoms with Crippen LogP contribution in [0.5, 0.6) is 0 Å². The number of carbonyl (C=O) groups is 3. The van der Waals surface area contributed by atoms with Crippen LogP contribution in [0.15, 0.2) is 60.8 Å². The Bertz CT molecular complexity index is 1130. The van der Waals surface area contributed by atoms with Crippen molar-refractivity contribution in [2.45, 2.75) is 264 Å². The lowest BCUT2D eigenvalue weighted by Crippen LogP contribution is -2.30. The van der Waals surface area contributed by atoms with E-state index in [4.69, 9.17) is 14.2 Å². The monoisotopic (exact) mass is 867 g/mol. The molecule has 0 heterocycles. The molecule has 6 heteroatoms. The van der Waals surface area contributed by atoms with Crippen molar-refractivity contribution in [3.8, 4) is 0 Å². The molecule has 6 nitrogen and oxygen atoms in total. The molecule has 0 aromatic heterocycles. The predicted molar refractivity (Wildman–Crippen MR) is 265 cm³/mol. The second kappa shape index (κ2) is 50.8. The number of esters is 3. The first kappa shape index (κ1) is 59.1. The molecule has 0 spiro atoms. The number of ether oxygens (including phenoxy) is 3. The van der Waals surface area contributed by atoms with E-state index in [1.807, 2.05) is 0 Å². The summed E-state index contributed by atoms with van der Waals surface area (Å²) in [7, 11) is 0. The number of allylic oxidation sites excluding steroid dienone is 10. The third-order valence-electron chi connectivity index (χ3n) is 11.3. The van der Waals surface area contributed by atoms with Gasteiger partial charge in [-0.2, -0.15) is 0 Å². The van der Waals surface area contributed by atoms with E-state index < -0.39 is 6.10 Å². The largest absolute Gasteiger partial charge is 0.462 e. The van der Waals surface area contributed by atoms with Gasteiger partial charge in [0.2, 0.25) is 0 Å². The highest BCUT2D eigenvalue weighted by Gasteiger charge is 2.19. The molecule has 0 N–H and O–H groups in total. The van der Waals surface area contributed by atoms with Crippen LogP contribution >= 0.6 is 0 Å². The standard InChI is InChI=1S/C56H98O6/c1-4-7-10-13-16-19-22-25-27-28-29-32-34-37-40-43-46-49-55(58)61-52-53(51-60-54(57)48-45-42-39-36-33-30-24-21-18-15-12-9-6-3)62-56(59)50-47-44-41-38-35-31-26-23-20-17-14-11-8-5-2/h9,12,15,18,21,24-25,27,31,35,53H,4-8,10-11,13-14,16-17,19-20,22-23,26,28-30,32-34,36-52H2,1-3H3/b12-9-,18-15-,24-21-,27-25-,35-31-. The van der Waals surface area contributed by atoms with Crippen LogP contribution < -0.4 is 0 Å². The number of hydrogen-bond acceptors (Lipinski definition) is 6. The Hall–Kier alpha value is -2.89. The summed E-state index contributed by atoms with van der Waals surface area (Å²) in [6.45, 7) is 6.47. The van der Waals surface area contributed by atoms with Crippen LogP contribution in [0, 0.1) is 0 Å². The third kappa shape index (κ3) is 48.1. The van der Waals surface area contributed by atoms with Crippen molar-refractivity contribution in [2.24, 2.45) is 0 Å². The van der Waals surface area contributed by atoms with Gasteiger partial charge in [0.15, 0.2) is 6.10 Å². The van der Waals surface area contributed by atoms with Gasteiger partial charge in [0.05, 0.1) is 0 Å². The highest BCUT2D eigenvalue weighted by atomic mass is 16.6. The molecule has 0 aromatic carbocycles. The van der Waals surface area contributed by atoms with Gasteiger partial charge in [-0.05, 0) is 89.9 Å². The van der Waals surface area contributed by atoms with Crippen LogP contribution in [0.3, 0.4) is 0 Å². The zero-order valence-electron chi connectivity index (χ0n) is 40.9. The molecule has 1 atom stereocenters. The fourth-order valence-corrected chi connectivity index (χ4v) is 7.31. The first-order valence-electron chi connectivity index (χ1n) is 26.3. The Kier molecular flexibility index (Phi) is 48.4. The average molecular weight is 867 g/mol. The number of hydrogen-bond donors (Lipinski definition) is 0. The van der Waals surface area contributed by atoms with Crippen molar-refractivity contribution in [1.29, 1.82) is 0 Å². The average Bonchev–Trinajstić information content (AvgIpc) is 3.27. The maximum atomic E-state index is 12.8. The van der Waals surface area contributed by atoms with E-state index >= 15 is 0 Å². The molecular weight excluding hydrogens is 769 g/mol. The minimum absolute atomic E-state index is 0.0888. The van der Waals surface area contributed by atoms with Crippen LogP contribution in [-0.4, -0.2) is 37.2 Å². The fraction of sp³-hybridized carbons (Fsp3) is 0.768. The number of carbonyl (C=O) groups excluding carboxylic acids is 3. The first-order valence-corrected chi connectivity index (χ1v) is 26.3. The summed E-state index contributed by atoms with van der Waals surface area (Å²) in [5, 5.41) is 0. The van der Waals surface area contributed by atoms with Gasteiger partial charge in [-0.3, -0.25) is 14.4 Å². The molecule has 0 saturated heterocycles. The Morgan fingerprint density at radius 1 is 0.339 bits per heavy atom. The Balaban J connectivity index is 4.41. The van der Waals surface area contributed by atoms with Crippen LogP contribution in [0.2, 0.25) is 0 Å². The van der Waals surface area contributed by atoms with Gasteiger partial charge in [0, 0.05) is 19.3 Å². The molecule has 0 bridgehead atoms. The normalized spacial score (nSPS) is 12.5. The highest BCUT2D eigenvalue weighted by molar-refractivity contribution is 5.71. The molecule has 0 saturated carbocycles. The van der Waals surface area contributed by atoms with Crippen LogP contribution in [0.4, 0.5) is 0 Å². The van der Waals surface area contributed by atoms with Crippen LogP contribution in [0.25, 0.3) is 0 Å². The molecule has 0 aliphatic rings. The highest BCUT2D eigenvalue weighted by Crippen LogP contribution is 2.14. The van der Waals surface area contributed by atoms with E-state index in [2.05, 4.69) is 81.5 Å². The van der Waals surface area contributed by atoms with E-state index in [0.717, 1.165) is 96.3 Å². The van der Waals surface area contributed by atoms with Gasteiger partial charge in [0.1, 0.15) is 13.2 Å². The van der Waals surface area contributed by atoms with Crippen molar-refractivity contribution < 1.29 is 28.6 Å². The zero-order valence-corrected chi connectivity index (χ0v) is 40.9. The Morgan fingerprint density at radius 2 is 0.645 bits per heavy atom. The molecule has 0 aromatic rings. The van der Waals surface area contributed by atoms with Gasteiger partial charge in [-0.15, -0.1) is 0 Å². The van der Waals surface area contributed by atoms with Gasteiger partial charge < -0.3 is 14.2 Å². The van der Waals surface area contributed by atoms with Crippen molar-refractivity contribution in [1.82, 2.24) is 0 Å². The summed E-state index contributed by atoms with van der Waals surface area (Å²) in [5.41, 5.74) is 0. The lowest BCUT2D eigenvalue weighted by molar-refractivity contribution is -0.167. The Morgan fingerprint density at radius 3 is 1.03 bits per heavy atom. The minimum atomic E-state index is -0.791. The topological polar surface area (TPSA) is 78.9 Å². The molecule has 62 heavy (non-hydrogen) atoms. The van der Waals surface area contributed by atoms with Gasteiger partial charge >= 0.3 is 17.9 Å². The van der Waals surface area contributed by atoms with Crippen molar-refractivity contribution >= 4 is 17.9 Å².